The van der Waals surface area contributed by atoms with E-state index in [0.29, 0.717) is 5.82 Å². The van der Waals surface area contributed by atoms with Gasteiger partial charge in [-0.3, -0.25) is 0 Å². The highest BCUT2D eigenvalue weighted by atomic mass is 127. The Morgan fingerprint density at radius 2 is 2.28 bits per heavy atom. The third kappa shape index (κ3) is 2.95. The van der Waals surface area contributed by atoms with Gasteiger partial charge in [0.05, 0.1) is 0 Å². The van der Waals surface area contributed by atoms with Crippen molar-refractivity contribution in [3.8, 4) is 0 Å². The second-order valence-corrected chi connectivity index (χ2v) is 6.13. The molecule has 0 radical (unpaired) electrons. The molecule has 2 rings (SSSR count). The van der Waals surface area contributed by atoms with Crippen LogP contribution in [-0.4, -0.2) is 14.7 Å². The zero-order chi connectivity index (χ0) is 13.1. The molecule has 0 bridgehead atoms. The lowest BCUT2D eigenvalue weighted by Gasteiger charge is -2.15. The molecule has 3 nitrogen and oxygen atoms in total. The molecule has 2 aromatic rings. The van der Waals surface area contributed by atoms with Crippen LogP contribution >= 0.6 is 38.5 Å². The number of aliphatic hydroxyl groups excluding tert-OH is 1. The van der Waals surface area contributed by atoms with Crippen LogP contribution in [0.2, 0.25) is 0 Å². The van der Waals surface area contributed by atoms with Crippen LogP contribution < -0.4 is 0 Å². The Bertz CT molecular complexity index is 542. The van der Waals surface area contributed by atoms with E-state index in [2.05, 4.69) is 50.4 Å². The van der Waals surface area contributed by atoms with Crippen LogP contribution in [0.15, 0.2) is 35.1 Å². The highest BCUT2D eigenvalue weighted by molar-refractivity contribution is 14.1. The second kappa shape index (κ2) is 6.16. The van der Waals surface area contributed by atoms with Gasteiger partial charge in [0.15, 0.2) is 0 Å². The molecule has 1 aromatic heterocycles. The zero-order valence-corrected chi connectivity index (χ0v) is 13.7. The van der Waals surface area contributed by atoms with Gasteiger partial charge in [-0.25, -0.2) is 4.98 Å². The number of rotatable bonds is 4. The van der Waals surface area contributed by atoms with Crippen LogP contribution in [0, 0.1) is 3.57 Å². The number of nitrogens with zero attached hydrogens (tertiary/aromatic N) is 2. The molecule has 0 saturated heterocycles. The van der Waals surface area contributed by atoms with E-state index in [4.69, 9.17) is 0 Å². The van der Waals surface area contributed by atoms with Gasteiger partial charge in [-0.2, -0.15) is 0 Å². The van der Waals surface area contributed by atoms with Gasteiger partial charge in [-0.15, -0.1) is 0 Å². The smallest absolute Gasteiger partial charge is 0.142 e. The fourth-order valence-electron chi connectivity index (χ4n) is 1.86. The lowest BCUT2D eigenvalue weighted by atomic mass is 10.1. The van der Waals surface area contributed by atoms with E-state index >= 15 is 0 Å². The molecule has 0 aliphatic heterocycles. The Morgan fingerprint density at radius 1 is 1.50 bits per heavy atom. The maximum absolute atomic E-state index is 10.5. The molecule has 1 atom stereocenters. The summed E-state index contributed by atoms with van der Waals surface area (Å²) in [7, 11) is 0. The van der Waals surface area contributed by atoms with Gasteiger partial charge in [0.1, 0.15) is 11.9 Å². The molecule has 0 saturated carbocycles. The van der Waals surface area contributed by atoms with Crippen LogP contribution in [0.1, 0.15) is 30.8 Å². The lowest BCUT2D eigenvalue weighted by Crippen LogP contribution is -2.10. The SMILES string of the molecule is CCCn1ccnc1C(O)c1cc(Br)ccc1I. The number of aromatic nitrogens is 2. The minimum Gasteiger partial charge on any atom is -0.380 e. The summed E-state index contributed by atoms with van der Waals surface area (Å²) in [5, 5.41) is 10.5. The molecule has 0 spiro atoms. The zero-order valence-electron chi connectivity index (χ0n) is 9.98. The van der Waals surface area contributed by atoms with Crippen molar-refractivity contribution >= 4 is 38.5 Å². The predicted octanol–water partition coefficient (Wildman–Crippen LogP) is 3.74. The normalized spacial score (nSPS) is 12.7. The molecule has 0 fully saturated rings. The van der Waals surface area contributed by atoms with Crippen LogP contribution in [0.5, 0.6) is 0 Å². The van der Waals surface area contributed by atoms with Gasteiger partial charge in [0.2, 0.25) is 0 Å². The van der Waals surface area contributed by atoms with E-state index in [1.807, 2.05) is 29.0 Å². The predicted molar refractivity (Wildman–Crippen MR) is 83.4 cm³/mol. The van der Waals surface area contributed by atoms with Gasteiger partial charge in [0.25, 0.3) is 0 Å². The van der Waals surface area contributed by atoms with Crippen LogP contribution in [0.3, 0.4) is 0 Å². The van der Waals surface area contributed by atoms with Gasteiger partial charge in [-0.1, -0.05) is 22.9 Å². The van der Waals surface area contributed by atoms with Crippen LogP contribution in [-0.2, 0) is 6.54 Å². The minimum atomic E-state index is -0.684. The maximum atomic E-state index is 10.5. The van der Waals surface area contributed by atoms with Crippen LogP contribution in [0.25, 0.3) is 0 Å². The highest BCUT2D eigenvalue weighted by Crippen LogP contribution is 2.28. The fourth-order valence-corrected chi connectivity index (χ4v) is 2.87. The topological polar surface area (TPSA) is 38.0 Å². The van der Waals surface area contributed by atoms with Crippen molar-refractivity contribution in [1.29, 1.82) is 0 Å². The Morgan fingerprint density at radius 3 is 3.00 bits per heavy atom. The van der Waals surface area contributed by atoms with Crippen molar-refractivity contribution < 1.29 is 5.11 Å². The van der Waals surface area contributed by atoms with Gasteiger partial charge in [-0.05, 0) is 47.2 Å². The van der Waals surface area contributed by atoms with Gasteiger partial charge < -0.3 is 9.67 Å². The van der Waals surface area contributed by atoms with Crippen molar-refractivity contribution in [2.45, 2.75) is 26.0 Å². The summed E-state index contributed by atoms with van der Waals surface area (Å²) in [6.45, 7) is 2.98. The standard InChI is InChI=1S/C13H14BrIN2O/c1-2-6-17-7-5-16-13(17)12(18)10-8-9(14)3-4-11(10)15/h3-5,7-8,12,18H,2,6H2,1H3. The second-order valence-electron chi connectivity index (χ2n) is 4.05. The molecular weight excluding hydrogens is 407 g/mol. The third-order valence-electron chi connectivity index (χ3n) is 2.71. The van der Waals surface area contributed by atoms with E-state index < -0.39 is 6.10 Å². The Balaban J connectivity index is 2.38. The molecule has 5 heteroatoms. The molecule has 0 aliphatic carbocycles. The number of hydrogen-bond acceptors (Lipinski definition) is 2. The van der Waals surface area contributed by atoms with Crippen molar-refractivity contribution in [3.63, 3.8) is 0 Å². The summed E-state index contributed by atoms with van der Waals surface area (Å²) in [6, 6.07) is 5.89. The lowest BCUT2D eigenvalue weighted by molar-refractivity contribution is 0.203. The van der Waals surface area contributed by atoms with Gasteiger partial charge in [0, 0.05) is 32.5 Å². The first kappa shape index (κ1) is 14.0. The van der Waals surface area contributed by atoms with Gasteiger partial charge >= 0.3 is 0 Å². The average molecular weight is 421 g/mol. The summed E-state index contributed by atoms with van der Waals surface area (Å²) < 4.78 is 4.00. The maximum Gasteiger partial charge on any atom is 0.142 e. The third-order valence-corrected chi connectivity index (χ3v) is 4.19. The van der Waals surface area contributed by atoms with E-state index in [1.54, 1.807) is 6.20 Å². The van der Waals surface area contributed by atoms with Crippen LogP contribution in [0.4, 0.5) is 0 Å². The number of imidazole rings is 1. The molecule has 0 aliphatic rings. The number of aliphatic hydroxyl groups is 1. The molecule has 1 aromatic carbocycles. The summed E-state index contributed by atoms with van der Waals surface area (Å²) in [5.41, 5.74) is 0.883. The number of hydrogen-bond donors (Lipinski definition) is 1. The first-order valence-corrected chi connectivity index (χ1v) is 7.64. The molecule has 0 amide bonds. The molecule has 1 heterocycles. The minimum absolute atomic E-state index is 0.684. The number of benzene rings is 1. The average Bonchev–Trinajstić information content (AvgIpc) is 2.80. The summed E-state index contributed by atoms with van der Waals surface area (Å²) >= 11 is 5.67. The number of halogens is 2. The molecule has 18 heavy (non-hydrogen) atoms. The quantitative estimate of drug-likeness (QED) is 0.765. The Kier molecular flexibility index (Phi) is 4.80. The Labute approximate surface area is 129 Å². The monoisotopic (exact) mass is 420 g/mol. The molecular formula is C13H14BrIN2O. The van der Waals surface area contributed by atoms with E-state index in [9.17, 15) is 5.11 Å². The van der Waals surface area contributed by atoms with Crippen molar-refractivity contribution in [1.82, 2.24) is 9.55 Å². The molecule has 1 unspecified atom stereocenters. The first-order valence-electron chi connectivity index (χ1n) is 5.77. The van der Waals surface area contributed by atoms with E-state index in [0.717, 1.165) is 26.6 Å². The molecule has 96 valence electrons. The summed E-state index contributed by atoms with van der Waals surface area (Å²) in [6.07, 6.45) is 3.98. The fraction of sp³-hybridized carbons (Fsp3) is 0.308. The first-order chi connectivity index (χ1) is 8.63. The largest absolute Gasteiger partial charge is 0.380 e. The van der Waals surface area contributed by atoms with E-state index in [1.165, 1.54) is 0 Å². The summed E-state index contributed by atoms with van der Waals surface area (Å²) in [4.78, 5) is 4.28. The van der Waals surface area contributed by atoms with Crippen molar-refractivity contribution in [2.75, 3.05) is 0 Å². The summed E-state index contributed by atoms with van der Waals surface area (Å²) in [5.74, 6) is 0.702. The van der Waals surface area contributed by atoms with Crippen molar-refractivity contribution in [2.24, 2.45) is 0 Å². The van der Waals surface area contributed by atoms with Crippen molar-refractivity contribution in [3.05, 3.63) is 50.0 Å². The van der Waals surface area contributed by atoms with E-state index in [-0.39, 0.29) is 0 Å². The Hall–Kier alpha value is -0.400. The molecule has 1 N–H and O–H groups in total. The highest BCUT2D eigenvalue weighted by Gasteiger charge is 2.18. The number of aryl methyl sites for hydroxylation is 1.